The number of hydrogen-bond acceptors (Lipinski definition) is 4. The maximum atomic E-state index is 5.38. The van der Waals surface area contributed by atoms with Gasteiger partial charge < -0.3 is 9.88 Å². The highest BCUT2D eigenvalue weighted by atomic mass is 32.1. The van der Waals surface area contributed by atoms with Gasteiger partial charge in [-0.3, -0.25) is 0 Å². The summed E-state index contributed by atoms with van der Waals surface area (Å²) in [5.74, 6) is 1.54. The van der Waals surface area contributed by atoms with Crippen molar-refractivity contribution in [2.24, 2.45) is 9.98 Å². The number of nitrogens with one attached hydrogen (secondary N) is 1. The van der Waals surface area contributed by atoms with Crippen molar-refractivity contribution >= 4 is 65.0 Å². The summed E-state index contributed by atoms with van der Waals surface area (Å²) in [6.07, 6.45) is -0.290. The molecule has 5 heteroatoms. The quantitative estimate of drug-likeness (QED) is 0.195. The van der Waals surface area contributed by atoms with Crippen LogP contribution in [0.5, 0.6) is 0 Å². The van der Waals surface area contributed by atoms with E-state index in [9.17, 15) is 0 Å². The standard InChI is InChI=1S/C48H34N4S/c1-48(2)38-22-12-9-19-32(38)35-28-41-36(27-39(35)48)33-20-10-13-23-40(33)52(41)31-25-37(44-34-21-11-14-24-42(34)53-43(44)26-31)47-50-45(29-15-5-3-6-16-29)49-46(51-47)30-17-7-4-8-18-30/h3-28,45H,1-2H3,(H,49,50,51). The number of para-hydroxylation sites is 1. The lowest BCUT2D eigenvalue weighted by atomic mass is 9.82. The fourth-order valence-corrected chi connectivity index (χ4v) is 9.87. The van der Waals surface area contributed by atoms with E-state index in [4.69, 9.17) is 9.98 Å². The lowest BCUT2D eigenvalue weighted by Gasteiger charge is -2.24. The Labute approximate surface area is 311 Å². The van der Waals surface area contributed by atoms with Gasteiger partial charge in [-0.25, -0.2) is 9.98 Å². The number of benzene rings is 7. The minimum Gasteiger partial charge on any atom is -0.344 e. The highest BCUT2D eigenvalue weighted by molar-refractivity contribution is 7.25. The molecule has 0 bridgehead atoms. The van der Waals surface area contributed by atoms with E-state index >= 15 is 0 Å². The topological polar surface area (TPSA) is 41.7 Å². The zero-order valence-corrected chi connectivity index (χ0v) is 30.2. The normalized spacial score (nSPS) is 16.1. The van der Waals surface area contributed by atoms with Crippen molar-refractivity contribution in [2.45, 2.75) is 25.4 Å². The molecule has 0 spiro atoms. The van der Waals surface area contributed by atoms with E-state index in [1.165, 1.54) is 64.2 Å². The molecule has 11 rings (SSSR count). The molecule has 0 radical (unpaired) electrons. The van der Waals surface area contributed by atoms with E-state index in [1.54, 1.807) is 0 Å². The lowest BCUT2D eigenvalue weighted by Crippen LogP contribution is -2.33. The van der Waals surface area contributed by atoms with Gasteiger partial charge in [0.1, 0.15) is 12.0 Å². The first-order valence-corrected chi connectivity index (χ1v) is 19.0. The number of aromatic nitrogens is 1. The van der Waals surface area contributed by atoms with Gasteiger partial charge in [-0.2, -0.15) is 0 Å². The highest BCUT2D eigenvalue weighted by Crippen LogP contribution is 2.51. The molecule has 1 aliphatic carbocycles. The molecule has 9 aromatic rings. The van der Waals surface area contributed by atoms with Crippen LogP contribution in [0.2, 0.25) is 0 Å². The van der Waals surface area contributed by atoms with Crippen LogP contribution in [0.3, 0.4) is 0 Å². The zero-order chi connectivity index (χ0) is 35.3. The number of aliphatic imine (C=N–C) groups is 2. The third kappa shape index (κ3) is 4.54. The average molecular weight is 699 g/mol. The van der Waals surface area contributed by atoms with Crippen molar-refractivity contribution < 1.29 is 0 Å². The molecule has 7 aromatic carbocycles. The third-order valence-electron chi connectivity index (χ3n) is 11.2. The molecule has 2 aliphatic rings. The number of fused-ring (bicyclic) bond motifs is 9. The van der Waals surface area contributed by atoms with Gasteiger partial charge in [0.2, 0.25) is 0 Å². The molecule has 1 N–H and O–H groups in total. The summed E-state index contributed by atoms with van der Waals surface area (Å²) >= 11 is 1.83. The van der Waals surface area contributed by atoms with Gasteiger partial charge in [0.15, 0.2) is 5.84 Å². The zero-order valence-electron chi connectivity index (χ0n) is 29.3. The summed E-state index contributed by atoms with van der Waals surface area (Å²) in [6.45, 7) is 4.72. The van der Waals surface area contributed by atoms with Crippen LogP contribution in [0.1, 0.15) is 47.8 Å². The molecular weight excluding hydrogens is 665 g/mol. The Morgan fingerprint density at radius 2 is 1.30 bits per heavy atom. The van der Waals surface area contributed by atoms with Crippen LogP contribution in [0.25, 0.3) is 58.8 Å². The Kier molecular flexibility index (Phi) is 6.50. The van der Waals surface area contributed by atoms with Crippen LogP contribution in [0.15, 0.2) is 168 Å². The number of rotatable bonds is 4. The smallest absolute Gasteiger partial charge is 0.160 e. The minimum atomic E-state index is -0.290. The molecule has 2 aromatic heterocycles. The van der Waals surface area contributed by atoms with Crippen molar-refractivity contribution in [1.82, 2.24) is 9.88 Å². The molecule has 0 saturated heterocycles. The highest BCUT2D eigenvalue weighted by Gasteiger charge is 2.36. The van der Waals surface area contributed by atoms with Crippen LogP contribution < -0.4 is 5.32 Å². The van der Waals surface area contributed by atoms with E-state index in [1.807, 2.05) is 23.5 Å². The Balaban J connectivity index is 1.22. The Bertz CT molecular complexity index is 3000. The summed E-state index contributed by atoms with van der Waals surface area (Å²) < 4.78 is 4.93. The van der Waals surface area contributed by atoms with E-state index in [2.05, 4.69) is 169 Å². The molecule has 53 heavy (non-hydrogen) atoms. The van der Waals surface area contributed by atoms with Crippen LogP contribution >= 0.6 is 11.3 Å². The predicted octanol–water partition coefficient (Wildman–Crippen LogP) is 12.0. The van der Waals surface area contributed by atoms with Gasteiger partial charge in [0.25, 0.3) is 0 Å². The lowest BCUT2D eigenvalue weighted by molar-refractivity contribution is 0.661. The Hall–Kier alpha value is -6.30. The second-order valence-corrected chi connectivity index (χ2v) is 15.7. The molecule has 252 valence electrons. The summed E-state index contributed by atoms with van der Waals surface area (Å²) in [7, 11) is 0. The van der Waals surface area contributed by atoms with Crippen LogP contribution in [0, 0.1) is 0 Å². The number of amidine groups is 2. The maximum Gasteiger partial charge on any atom is 0.160 e. The van der Waals surface area contributed by atoms with Crippen molar-refractivity contribution in [3.8, 4) is 16.8 Å². The second kappa shape index (κ2) is 11.3. The summed E-state index contributed by atoms with van der Waals surface area (Å²) in [5.41, 5.74) is 12.0. The molecule has 4 nitrogen and oxygen atoms in total. The fraction of sp³-hybridized carbons (Fsp3) is 0.0833. The van der Waals surface area contributed by atoms with Crippen LogP contribution in [0.4, 0.5) is 0 Å². The van der Waals surface area contributed by atoms with Crippen molar-refractivity contribution in [2.75, 3.05) is 0 Å². The Morgan fingerprint density at radius 3 is 2.15 bits per heavy atom. The molecule has 3 heterocycles. The van der Waals surface area contributed by atoms with Crippen LogP contribution in [-0.4, -0.2) is 16.2 Å². The molecule has 1 atom stereocenters. The summed E-state index contributed by atoms with van der Waals surface area (Å²) in [6, 6.07) is 56.9. The van der Waals surface area contributed by atoms with Crippen molar-refractivity contribution in [3.05, 3.63) is 186 Å². The second-order valence-electron chi connectivity index (χ2n) is 14.6. The number of thiophene rings is 1. The van der Waals surface area contributed by atoms with Gasteiger partial charge in [-0.15, -0.1) is 11.3 Å². The fourth-order valence-electron chi connectivity index (χ4n) is 8.70. The molecule has 0 saturated carbocycles. The third-order valence-corrected chi connectivity index (χ3v) is 12.4. The predicted molar refractivity (Wildman–Crippen MR) is 223 cm³/mol. The van der Waals surface area contributed by atoms with E-state index in [0.717, 1.165) is 34.0 Å². The first-order valence-electron chi connectivity index (χ1n) is 18.2. The summed E-state index contributed by atoms with van der Waals surface area (Å²) in [5, 5.41) is 8.59. The number of hydrogen-bond donors (Lipinski definition) is 1. The van der Waals surface area contributed by atoms with Gasteiger partial charge in [-0.05, 0) is 64.2 Å². The van der Waals surface area contributed by atoms with E-state index < -0.39 is 0 Å². The number of nitrogens with zero attached hydrogens (tertiary/aromatic N) is 3. The van der Waals surface area contributed by atoms with E-state index in [-0.39, 0.29) is 11.6 Å². The van der Waals surface area contributed by atoms with Gasteiger partial charge in [0, 0.05) is 53.2 Å². The molecular formula is C48H34N4S. The maximum absolute atomic E-state index is 5.38. The Morgan fingerprint density at radius 1 is 0.585 bits per heavy atom. The molecule has 1 unspecified atom stereocenters. The monoisotopic (exact) mass is 698 g/mol. The van der Waals surface area contributed by atoms with Crippen LogP contribution in [-0.2, 0) is 5.41 Å². The van der Waals surface area contributed by atoms with Gasteiger partial charge in [0.05, 0.1) is 11.0 Å². The SMILES string of the molecule is CC1(C)c2ccccc2-c2cc3c(cc21)c1ccccc1n3-c1cc(C2=NC(c3ccccc3)NC(c3ccccc3)=N2)c2c(c1)sc1ccccc12. The van der Waals surface area contributed by atoms with Gasteiger partial charge >= 0.3 is 0 Å². The molecule has 0 fully saturated rings. The largest absolute Gasteiger partial charge is 0.344 e. The average Bonchev–Trinajstić information content (AvgIpc) is 3.82. The molecule has 1 aliphatic heterocycles. The summed E-state index contributed by atoms with van der Waals surface area (Å²) in [4.78, 5) is 10.7. The van der Waals surface area contributed by atoms with E-state index in [0.29, 0.717) is 0 Å². The molecule has 0 amide bonds. The first-order chi connectivity index (χ1) is 26.0. The van der Waals surface area contributed by atoms with Crippen molar-refractivity contribution in [1.29, 1.82) is 0 Å². The van der Waals surface area contributed by atoms with Gasteiger partial charge in [-0.1, -0.05) is 135 Å². The minimum absolute atomic E-state index is 0.0800. The first kappa shape index (κ1) is 30.3. The van der Waals surface area contributed by atoms with Crippen molar-refractivity contribution in [3.63, 3.8) is 0 Å².